The predicted molar refractivity (Wildman–Crippen MR) is 64.7 cm³/mol. The van der Waals surface area contributed by atoms with Crippen molar-refractivity contribution in [3.05, 3.63) is 54.6 Å². The van der Waals surface area contributed by atoms with Crippen LogP contribution >= 0.6 is 0 Å². The van der Waals surface area contributed by atoms with Crippen molar-refractivity contribution in [2.24, 2.45) is 0 Å². The highest BCUT2D eigenvalue weighted by molar-refractivity contribution is 5.84. The van der Waals surface area contributed by atoms with Gasteiger partial charge in [-0.2, -0.15) is 0 Å². The SMILES string of the molecule is O=C(Nc1cc[nH+]cc1)OCCc1cccc[nH+]1. The highest BCUT2D eigenvalue weighted by atomic mass is 16.5. The number of aromatic nitrogens is 2. The summed E-state index contributed by atoms with van der Waals surface area (Å²) in [5.41, 5.74) is 1.73. The van der Waals surface area contributed by atoms with Gasteiger partial charge in [0, 0.05) is 24.3 Å². The average Bonchev–Trinajstić information content (AvgIpc) is 2.41. The third-order valence-electron chi connectivity index (χ3n) is 2.34. The van der Waals surface area contributed by atoms with E-state index in [4.69, 9.17) is 4.74 Å². The molecule has 0 aromatic carbocycles. The van der Waals surface area contributed by atoms with Crippen LogP contribution in [-0.2, 0) is 11.2 Å². The van der Waals surface area contributed by atoms with E-state index in [1.807, 2.05) is 24.4 Å². The molecule has 92 valence electrons. The van der Waals surface area contributed by atoms with E-state index in [1.165, 1.54) is 0 Å². The summed E-state index contributed by atoms with van der Waals surface area (Å²) in [6.45, 7) is 0.339. The fourth-order valence-electron chi connectivity index (χ4n) is 1.46. The van der Waals surface area contributed by atoms with Gasteiger partial charge in [0.05, 0.1) is 12.1 Å². The summed E-state index contributed by atoms with van der Waals surface area (Å²) in [6, 6.07) is 9.31. The Kier molecular flexibility index (Phi) is 4.24. The molecule has 0 aliphatic heterocycles. The summed E-state index contributed by atoms with van der Waals surface area (Å²) in [4.78, 5) is 17.4. The summed E-state index contributed by atoms with van der Waals surface area (Å²) in [5, 5.41) is 2.64. The molecule has 2 heterocycles. The Morgan fingerprint density at radius 1 is 1.17 bits per heavy atom. The van der Waals surface area contributed by atoms with Gasteiger partial charge in [-0.3, -0.25) is 5.32 Å². The van der Waals surface area contributed by atoms with E-state index >= 15 is 0 Å². The van der Waals surface area contributed by atoms with E-state index in [0.29, 0.717) is 18.7 Å². The van der Waals surface area contributed by atoms with Gasteiger partial charge < -0.3 is 4.74 Å². The minimum Gasteiger partial charge on any atom is -0.449 e. The lowest BCUT2D eigenvalue weighted by atomic mass is 10.3. The first-order valence-electron chi connectivity index (χ1n) is 5.70. The molecule has 0 unspecified atom stereocenters. The number of hydrogen-bond acceptors (Lipinski definition) is 2. The number of hydrogen-bond donors (Lipinski definition) is 1. The van der Waals surface area contributed by atoms with Crippen LogP contribution in [0.3, 0.4) is 0 Å². The van der Waals surface area contributed by atoms with Crippen molar-refractivity contribution in [1.29, 1.82) is 0 Å². The molecule has 5 heteroatoms. The molecule has 0 aliphatic rings. The van der Waals surface area contributed by atoms with E-state index in [9.17, 15) is 4.79 Å². The molecule has 2 aromatic rings. The van der Waals surface area contributed by atoms with E-state index in [2.05, 4.69) is 15.3 Å². The minimum atomic E-state index is -0.447. The number of rotatable bonds is 4. The summed E-state index contributed by atoms with van der Waals surface area (Å²) in [6.07, 6.45) is 5.52. The molecule has 1 amide bonds. The third kappa shape index (κ3) is 3.86. The first-order chi connectivity index (χ1) is 8.84. The molecule has 18 heavy (non-hydrogen) atoms. The van der Waals surface area contributed by atoms with Crippen molar-refractivity contribution in [3.63, 3.8) is 0 Å². The Bertz CT molecular complexity index is 488. The smallest absolute Gasteiger partial charge is 0.411 e. The third-order valence-corrected chi connectivity index (χ3v) is 2.34. The number of carbonyl (C=O) groups excluding carboxylic acids is 1. The average molecular weight is 245 g/mol. The van der Waals surface area contributed by atoms with E-state index in [-0.39, 0.29) is 0 Å². The van der Waals surface area contributed by atoms with Crippen LogP contribution in [0.4, 0.5) is 10.5 Å². The van der Waals surface area contributed by atoms with Gasteiger partial charge in [0.25, 0.3) is 0 Å². The minimum absolute atomic E-state index is 0.339. The molecule has 5 nitrogen and oxygen atoms in total. The molecule has 0 radical (unpaired) electrons. The molecule has 2 rings (SSSR count). The largest absolute Gasteiger partial charge is 0.449 e. The topological polar surface area (TPSA) is 66.6 Å². The lowest BCUT2D eigenvalue weighted by molar-refractivity contribution is -0.390. The van der Waals surface area contributed by atoms with Crippen LogP contribution in [0.2, 0.25) is 0 Å². The normalized spacial score (nSPS) is 9.78. The Labute approximate surface area is 105 Å². The Morgan fingerprint density at radius 2 is 2.00 bits per heavy atom. The van der Waals surface area contributed by atoms with Crippen molar-refractivity contribution in [3.8, 4) is 0 Å². The number of carbonyl (C=O) groups is 1. The Balaban J connectivity index is 1.73. The number of aromatic amines is 2. The number of H-pyrrole nitrogens is 2. The molecule has 2 aromatic heterocycles. The molecule has 0 atom stereocenters. The molecule has 0 bridgehead atoms. The fourth-order valence-corrected chi connectivity index (χ4v) is 1.46. The molecular formula is C13H15N3O2+2. The van der Waals surface area contributed by atoms with Gasteiger partial charge in [-0.1, -0.05) is 6.07 Å². The van der Waals surface area contributed by atoms with Gasteiger partial charge >= 0.3 is 6.09 Å². The maximum absolute atomic E-state index is 11.4. The lowest BCUT2D eigenvalue weighted by Crippen LogP contribution is -2.18. The van der Waals surface area contributed by atoms with E-state index in [1.54, 1.807) is 24.5 Å². The van der Waals surface area contributed by atoms with Gasteiger partial charge in [-0.25, -0.2) is 14.8 Å². The maximum Gasteiger partial charge on any atom is 0.411 e. The second-order valence-corrected chi connectivity index (χ2v) is 3.69. The summed E-state index contributed by atoms with van der Waals surface area (Å²) in [7, 11) is 0. The molecular weight excluding hydrogens is 230 g/mol. The molecule has 0 aliphatic carbocycles. The summed E-state index contributed by atoms with van der Waals surface area (Å²) in [5.74, 6) is 0. The molecule has 0 saturated carbocycles. The summed E-state index contributed by atoms with van der Waals surface area (Å²) < 4.78 is 5.07. The molecule has 3 N–H and O–H groups in total. The second-order valence-electron chi connectivity index (χ2n) is 3.69. The monoisotopic (exact) mass is 245 g/mol. The standard InChI is InChI=1S/C13H13N3O2/c17-13(16-12-4-8-14-9-5-12)18-10-6-11-3-1-2-7-15-11/h1-5,7-9H,6,10H2,(H,14,16,17)/p+2. The van der Waals surface area contributed by atoms with Crippen molar-refractivity contribution in [2.45, 2.75) is 6.42 Å². The van der Waals surface area contributed by atoms with Crippen LogP contribution in [0.1, 0.15) is 5.69 Å². The van der Waals surface area contributed by atoms with Gasteiger partial charge in [0.1, 0.15) is 6.61 Å². The zero-order valence-corrected chi connectivity index (χ0v) is 9.85. The first kappa shape index (κ1) is 12.0. The van der Waals surface area contributed by atoms with Crippen LogP contribution in [0.25, 0.3) is 0 Å². The van der Waals surface area contributed by atoms with Crippen molar-refractivity contribution in [2.75, 3.05) is 11.9 Å². The fraction of sp³-hybridized carbons (Fsp3) is 0.154. The zero-order valence-electron chi connectivity index (χ0n) is 9.85. The van der Waals surface area contributed by atoms with Crippen molar-refractivity contribution < 1.29 is 19.5 Å². The molecule has 0 spiro atoms. The van der Waals surface area contributed by atoms with Gasteiger partial charge in [0.2, 0.25) is 0 Å². The molecule has 0 fully saturated rings. The Morgan fingerprint density at radius 3 is 2.72 bits per heavy atom. The van der Waals surface area contributed by atoms with Crippen LogP contribution < -0.4 is 15.3 Å². The van der Waals surface area contributed by atoms with Crippen molar-refractivity contribution in [1.82, 2.24) is 0 Å². The number of anilines is 1. The lowest BCUT2D eigenvalue weighted by Gasteiger charge is -2.04. The van der Waals surface area contributed by atoms with Gasteiger partial charge in [0.15, 0.2) is 24.3 Å². The van der Waals surface area contributed by atoms with Crippen LogP contribution in [0, 0.1) is 0 Å². The van der Waals surface area contributed by atoms with Gasteiger partial charge in [-0.05, 0) is 0 Å². The number of ether oxygens (including phenoxy) is 1. The highest BCUT2D eigenvalue weighted by Gasteiger charge is 2.05. The van der Waals surface area contributed by atoms with Crippen LogP contribution in [-0.4, -0.2) is 12.7 Å². The summed E-state index contributed by atoms with van der Waals surface area (Å²) >= 11 is 0. The van der Waals surface area contributed by atoms with Crippen LogP contribution in [0.5, 0.6) is 0 Å². The number of nitrogens with one attached hydrogen (secondary N) is 3. The van der Waals surface area contributed by atoms with Crippen LogP contribution in [0.15, 0.2) is 48.9 Å². The highest BCUT2D eigenvalue weighted by Crippen LogP contribution is 2.02. The number of amides is 1. The predicted octanol–water partition coefficient (Wildman–Crippen LogP) is 1.11. The first-order valence-corrected chi connectivity index (χ1v) is 5.70. The number of pyridine rings is 2. The second kappa shape index (κ2) is 6.34. The van der Waals surface area contributed by atoms with Gasteiger partial charge in [-0.15, -0.1) is 0 Å². The van der Waals surface area contributed by atoms with Crippen molar-refractivity contribution >= 4 is 11.8 Å². The quantitative estimate of drug-likeness (QED) is 0.876. The molecule has 0 saturated heterocycles. The zero-order chi connectivity index (χ0) is 12.6. The Hall–Kier alpha value is -2.43. The van der Waals surface area contributed by atoms with E-state index < -0.39 is 6.09 Å². The van der Waals surface area contributed by atoms with E-state index in [0.717, 1.165) is 5.69 Å². The maximum atomic E-state index is 11.4.